The lowest BCUT2D eigenvalue weighted by Crippen LogP contribution is -2.32. The molecule has 0 unspecified atom stereocenters. The number of halogens is 1. The van der Waals surface area contributed by atoms with Gasteiger partial charge in [0.1, 0.15) is 11.3 Å². The van der Waals surface area contributed by atoms with Crippen LogP contribution in [0.15, 0.2) is 35.7 Å². The van der Waals surface area contributed by atoms with Crippen LogP contribution in [0.4, 0.5) is 5.13 Å². The van der Waals surface area contributed by atoms with Gasteiger partial charge in [0.2, 0.25) is 0 Å². The zero-order valence-electron chi connectivity index (χ0n) is 15.7. The van der Waals surface area contributed by atoms with E-state index in [1.807, 2.05) is 56.7 Å². The Bertz CT molecular complexity index is 865. The van der Waals surface area contributed by atoms with E-state index in [4.69, 9.17) is 9.72 Å². The highest BCUT2D eigenvalue weighted by Gasteiger charge is 2.22. The van der Waals surface area contributed by atoms with Crippen LogP contribution >= 0.6 is 35.1 Å². The van der Waals surface area contributed by atoms with E-state index in [1.165, 1.54) is 22.7 Å². The van der Waals surface area contributed by atoms with Crippen LogP contribution in [0.3, 0.4) is 0 Å². The van der Waals surface area contributed by atoms with Crippen molar-refractivity contribution < 1.29 is 9.53 Å². The third-order valence-corrected chi connectivity index (χ3v) is 5.77. The minimum absolute atomic E-state index is 0. The molecule has 0 fully saturated rings. The molecule has 0 atom stereocenters. The quantitative estimate of drug-likeness (QED) is 0.521. The van der Waals surface area contributed by atoms with Crippen LogP contribution in [0.25, 0.3) is 10.2 Å². The van der Waals surface area contributed by atoms with Gasteiger partial charge in [-0.15, -0.1) is 23.7 Å². The summed E-state index contributed by atoms with van der Waals surface area (Å²) in [6.45, 7) is 4.11. The monoisotopic (exact) mass is 425 g/mol. The van der Waals surface area contributed by atoms with Gasteiger partial charge in [0.15, 0.2) is 5.13 Å². The molecule has 1 aromatic carbocycles. The fraction of sp³-hybridized carbons (Fsp3) is 0.368. The predicted octanol–water partition coefficient (Wildman–Crippen LogP) is 4.78. The third-order valence-electron chi connectivity index (χ3n) is 3.87. The van der Waals surface area contributed by atoms with E-state index in [2.05, 4.69) is 4.90 Å². The van der Waals surface area contributed by atoms with E-state index in [0.717, 1.165) is 38.9 Å². The Morgan fingerprint density at radius 3 is 2.67 bits per heavy atom. The van der Waals surface area contributed by atoms with E-state index in [9.17, 15) is 4.79 Å². The molecule has 0 aliphatic rings. The van der Waals surface area contributed by atoms with Crippen LogP contribution in [0.1, 0.15) is 23.0 Å². The molecule has 3 aromatic rings. The summed E-state index contributed by atoms with van der Waals surface area (Å²) in [6, 6.07) is 9.68. The van der Waals surface area contributed by atoms with Crippen LogP contribution in [-0.4, -0.2) is 49.6 Å². The summed E-state index contributed by atoms with van der Waals surface area (Å²) in [7, 11) is 4.08. The molecule has 0 spiro atoms. The standard InChI is InChI=1S/C19H23N3O2S2.ClH/c1-4-24-14-8-5-9-15-17(14)20-19(26-15)22(12-7-11-21(2)3)18(23)16-10-6-13-25-16;/h5-6,8-10,13H,4,7,11-12H2,1-3H3;1H. The normalized spacial score (nSPS) is 10.8. The van der Waals surface area contributed by atoms with Crippen LogP contribution < -0.4 is 9.64 Å². The number of aromatic nitrogens is 1. The lowest BCUT2D eigenvalue weighted by molar-refractivity contribution is 0.0990. The molecule has 0 N–H and O–H groups in total. The van der Waals surface area contributed by atoms with Crippen molar-refractivity contribution in [1.29, 1.82) is 0 Å². The highest BCUT2D eigenvalue weighted by Crippen LogP contribution is 2.35. The fourth-order valence-electron chi connectivity index (χ4n) is 2.66. The van der Waals surface area contributed by atoms with Crippen LogP contribution in [0.5, 0.6) is 5.75 Å². The van der Waals surface area contributed by atoms with E-state index < -0.39 is 0 Å². The highest BCUT2D eigenvalue weighted by atomic mass is 35.5. The molecule has 146 valence electrons. The molecular weight excluding hydrogens is 402 g/mol. The summed E-state index contributed by atoms with van der Waals surface area (Å²) < 4.78 is 6.72. The summed E-state index contributed by atoms with van der Waals surface area (Å²) >= 11 is 3.00. The topological polar surface area (TPSA) is 45.7 Å². The van der Waals surface area contributed by atoms with Crippen LogP contribution in [0, 0.1) is 0 Å². The highest BCUT2D eigenvalue weighted by molar-refractivity contribution is 7.22. The molecule has 3 rings (SSSR count). The first-order chi connectivity index (χ1) is 12.6. The molecule has 0 bridgehead atoms. The molecular formula is C19H24ClN3O2S2. The fourth-order valence-corrected chi connectivity index (χ4v) is 4.34. The van der Waals surface area contributed by atoms with Crippen molar-refractivity contribution in [2.75, 3.05) is 38.7 Å². The summed E-state index contributed by atoms with van der Waals surface area (Å²) in [5, 5.41) is 2.65. The smallest absolute Gasteiger partial charge is 0.270 e. The van der Waals surface area contributed by atoms with Crippen molar-refractivity contribution in [3.63, 3.8) is 0 Å². The third kappa shape index (κ3) is 5.19. The van der Waals surface area contributed by atoms with E-state index >= 15 is 0 Å². The number of nitrogens with zero attached hydrogens (tertiary/aromatic N) is 3. The van der Waals surface area contributed by atoms with Gasteiger partial charge in [0.25, 0.3) is 5.91 Å². The molecule has 0 radical (unpaired) electrons. The van der Waals surface area contributed by atoms with Crippen LogP contribution in [0.2, 0.25) is 0 Å². The largest absolute Gasteiger partial charge is 0.492 e. The summed E-state index contributed by atoms with van der Waals surface area (Å²) in [5.74, 6) is 0.778. The molecule has 8 heteroatoms. The average molecular weight is 426 g/mol. The Labute approximate surface area is 174 Å². The zero-order valence-corrected chi connectivity index (χ0v) is 18.1. The number of benzene rings is 1. The molecule has 2 heterocycles. The van der Waals surface area contributed by atoms with Gasteiger partial charge in [-0.25, -0.2) is 4.98 Å². The number of thiazole rings is 1. The summed E-state index contributed by atoms with van der Waals surface area (Å²) in [5.41, 5.74) is 0.825. The first-order valence-electron chi connectivity index (χ1n) is 8.62. The van der Waals surface area contributed by atoms with Gasteiger partial charge in [-0.1, -0.05) is 23.5 Å². The number of hydrogen-bond donors (Lipinski definition) is 0. The van der Waals surface area contributed by atoms with Gasteiger partial charge in [-0.3, -0.25) is 9.69 Å². The second-order valence-electron chi connectivity index (χ2n) is 6.12. The lowest BCUT2D eigenvalue weighted by atomic mass is 10.3. The number of fused-ring (bicyclic) bond motifs is 1. The van der Waals surface area contributed by atoms with Gasteiger partial charge in [0.05, 0.1) is 16.2 Å². The van der Waals surface area contributed by atoms with E-state index in [-0.39, 0.29) is 18.3 Å². The number of amides is 1. The number of thiophene rings is 1. The first-order valence-corrected chi connectivity index (χ1v) is 10.3. The van der Waals surface area contributed by atoms with Gasteiger partial charge in [0, 0.05) is 6.54 Å². The van der Waals surface area contributed by atoms with Crippen molar-refractivity contribution in [3.8, 4) is 5.75 Å². The van der Waals surface area contributed by atoms with Crippen molar-refractivity contribution in [2.45, 2.75) is 13.3 Å². The molecule has 0 aliphatic heterocycles. The summed E-state index contributed by atoms with van der Waals surface area (Å²) in [4.78, 5) is 22.4. The van der Waals surface area contributed by atoms with Gasteiger partial charge in [-0.2, -0.15) is 0 Å². The first kappa shape index (κ1) is 21.6. The second kappa shape index (κ2) is 10.0. The van der Waals surface area contributed by atoms with E-state index in [0.29, 0.717) is 13.2 Å². The lowest BCUT2D eigenvalue weighted by Gasteiger charge is -2.20. The maximum atomic E-state index is 13.0. The Kier molecular flexibility index (Phi) is 8.04. The molecule has 27 heavy (non-hydrogen) atoms. The van der Waals surface area contributed by atoms with E-state index in [1.54, 1.807) is 4.90 Å². The van der Waals surface area contributed by atoms with Gasteiger partial charge in [-0.05, 0) is 57.6 Å². The number of rotatable bonds is 8. The average Bonchev–Trinajstić information content (AvgIpc) is 3.28. The maximum Gasteiger partial charge on any atom is 0.270 e. The molecule has 0 saturated heterocycles. The Balaban J connectivity index is 0.00000261. The summed E-state index contributed by atoms with van der Waals surface area (Å²) in [6.07, 6.45) is 0.887. The zero-order chi connectivity index (χ0) is 18.5. The van der Waals surface area contributed by atoms with Gasteiger partial charge < -0.3 is 9.64 Å². The van der Waals surface area contributed by atoms with Crippen molar-refractivity contribution in [3.05, 3.63) is 40.6 Å². The minimum atomic E-state index is 0. The molecule has 0 saturated carbocycles. The number of carbonyl (C=O) groups is 1. The molecule has 1 amide bonds. The molecule has 2 aromatic heterocycles. The van der Waals surface area contributed by atoms with Crippen LogP contribution in [-0.2, 0) is 0 Å². The number of ether oxygens (including phenoxy) is 1. The van der Waals surface area contributed by atoms with Crippen molar-refractivity contribution in [1.82, 2.24) is 9.88 Å². The molecule has 0 aliphatic carbocycles. The SMILES string of the molecule is CCOc1cccc2sc(N(CCCN(C)C)C(=O)c3cccs3)nc12.Cl. The Hall–Kier alpha value is -1.67. The number of hydrogen-bond acceptors (Lipinski definition) is 6. The number of carbonyl (C=O) groups excluding carboxylic acids is 1. The van der Waals surface area contributed by atoms with Gasteiger partial charge >= 0.3 is 0 Å². The Morgan fingerprint density at radius 2 is 2.00 bits per heavy atom. The van der Waals surface area contributed by atoms with Crippen molar-refractivity contribution in [2.24, 2.45) is 0 Å². The maximum absolute atomic E-state index is 13.0. The molecule has 5 nitrogen and oxygen atoms in total. The predicted molar refractivity (Wildman–Crippen MR) is 117 cm³/mol. The number of anilines is 1. The number of para-hydroxylation sites is 1. The Morgan fingerprint density at radius 1 is 1.19 bits per heavy atom. The minimum Gasteiger partial charge on any atom is -0.492 e. The second-order valence-corrected chi connectivity index (χ2v) is 8.08. The van der Waals surface area contributed by atoms with Crippen molar-refractivity contribution >= 4 is 56.3 Å².